The summed E-state index contributed by atoms with van der Waals surface area (Å²) in [4.78, 5) is 17.0. The van der Waals surface area contributed by atoms with Crippen molar-refractivity contribution < 1.29 is 14.3 Å². The average molecular weight is 390 g/mol. The van der Waals surface area contributed by atoms with Crippen LogP contribution in [0.3, 0.4) is 0 Å². The van der Waals surface area contributed by atoms with Gasteiger partial charge in [-0.2, -0.15) is 0 Å². The minimum atomic E-state index is -0.519. The second-order valence-corrected chi connectivity index (χ2v) is 7.25. The molecule has 0 saturated carbocycles. The van der Waals surface area contributed by atoms with Crippen LogP contribution in [0.15, 0.2) is 66.7 Å². The molecule has 5 heteroatoms. The normalized spacial score (nSPS) is 15.2. The molecule has 150 valence electrons. The molecule has 1 fully saturated rings. The van der Waals surface area contributed by atoms with Gasteiger partial charge in [0.15, 0.2) is 6.10 Å². The van der Waals surface area contributed by atoms with E-state index in [0.29, 0.717) is 13.1 Å². The van der Waals surface area contributed by atoms with Crippen molar-refractivity contribution in [3.63, 3.8) is 0 Å². The molecule has 0 unspecified atom stereocenters. The highest BCUT2D eigenvalue weighted by atomic mass is 16.5. The molecule has 3 aromatic carbocycles. The Morgan fingerprint density at radius 2 is 1.59 bits per heavy atom. The molecular formula is C24H26N2O3. The zero-order valence-corrected chi connectivity index (χ0v) is 16.9. The van der Waals surface area contributed by atoms with Gasteiger partial charge in [-0.05, 0) is 42.0 Å². The molecule has 0 aromatic heterocycles. The van der Waals surface area contributed by atoms with E-state index >= 15 is 0 Å². The molecular weight excluding hydrogens is 364 g/mol. The summed E-state index contributed by atoms with van der Waals surface area (Å²) in [6, 6.07) is 22.1. The third-order valence-corrected chi connectivity index (χ3v) is 5.40. The molecule has 0 aliphatic carbocycles. The third-order valence-electron chi connectivity index (χ3n) is 5.40. The number of carbonyl (C=O) groups excluding carboxylic acids is 1. The number of anilines is 1. The molecule has 1 amide bonds. The van der Waals surface area contributed by atoms with Crippen LogP contribution in [0.1, 0.15) is 6.92 Å². The number of hydrogen-bond acceptors (Lipinski definition) is 4. The SMILES string of the molecule is COc1ccccc1N1CCN(C(=O)[C@@H](C)Oc2ccc3ccccc3c2)CC1. The molecule has 0 N–H and O–H groups in total. The lowest BCUT2D eigenvalue weighted by Crippen LogP contribution is -2.52. The van der Waals surface area contributed by atoms with Crippen LogP contribution in [0.5, 0.6) is 11.5 Å². The first kappa shape index (κ1) is 19.1. The number of rotatable bonds is 5. The van der Waals surface area contributed by atoms with E-state index in [0.717, 1.165) is 41.0 Å². The molecule has 1 aliphatic rings. The highest BCUT2D eigenvalue weighted by Gasteiger charge is 2.27. The average Bonchev–Trinajstić information content (AvgIpc) is 2.78. The van der Waals surface area contributed by atoms with Crippen LogP contribution in [0, 0.1) is 0 Å². The standard InChI is InChI=1S/C24H26N2O3/c1-18(29-21-12-11-19-7-3-4-8-20(19)17-21)24(27)26-15-13-25(14-16-26)22-9-5-6-10-23(22)28-2/h3-12,17-18H,13-16H2,1-2H3/t18-/m1/s1. The van der Waals surface area contributed by atoms with Crippen molar-refractivity contribution in [2.24, 2.45) is 0 Å². The fraction of sp³-hybridized carbons (Fsp3) is 0.292. The van der Waals surface area contributed by atoms with Crippen LogP contribution >= 0.6 is 0 Å². The van der Waals surface area contributed by atoms with E-state index in [9.17, 15) is 4.79 Å². The molecule has 0 radical (unpaired) electrons. The van der Waals surface area contributed by atoms with Crippen LogP contribution in [-0.2, 0) is 4.79 Å². The number of ether oxygens (including phenoxy) is 2. The van der Waals surface area contributed by atoms with Gasteiger partial charge in [-0.15, -0.1) is 0 Å². The highest BCUT2D eigenvalue weighted by Crippen LogP contribution is 2.28. The zero-order valence-electron chi connectivity index (χ0n) is 16.9. The van der Waals surface area contributed by atoms with E-state index in [1.165, 1.54) is 0 Å². The predicted molar refractivity (Wildman–Crippen MR) is 116 cm³/mol. The summed E-state index contributed by atoms with van der Waals surface area (Å²) in [5.74, 6) is 1.61. The lowest BCUT2D eigenvalue weighted by Gasteiger charge is -2.37. The molecule has 0 spiro atoms. The maximum Gasteiger partial charge on any atom is 0.263 e. The molecule has 0 bridgehead atoms. The molecule has 1 atom stereocenters. The highest BCUT2D eigenvalue weighted by molar-refractivity contribution is 5.84. The first-order chi connectivity index (χ1) is 14.2. The van der Waals surface area contributed by atoms with Gasteiger partial charge in [0, 0.05) is 26.2 Å². The maximum atomic E-state index is 12.9. The molecule has 1 saturated heterocycles. The van der Waals surface area contributed by atoms with Crippen molar-refractivity contribution in [1.29, 1.82) is 0 Å². The Hall–Kier alpha value is -3.21. The summed E-state index contributed by atoms with van der Waals surface area (Å²) in [7, 11) is 1.68. The van der Waals surface area contributed by atoms with Crippen molar-refractivity contribution in [3.8, 4) is 11.5 Å². The number of piperazine rings is 1. The molecule has 29 heavy (non-hydrogen) atoms. The minimum Gasteiger partial charge on any atom is -0.495 e. The lowest BCUT2D eigenvalue weighted by atomic mass is 10.1. The number of methoxy groups -OCH3 is 1. The number of benzene rings is 3. The van der Waals surface area contributed by atoms with Crippen LogP contribution < -0.4 is 14.4 Å². The Morgan fingerprint density at radius 1 is 0.897 bits per heavy atom. The Morgan fingerprint density at radius 3 is 2.34 bits per heavy atom. The van der Waals surface area contributed by atoms with Crippen LogP contribution in [0.25, 0.3) is 10.8 Å². The molecule has 5 nitrogen and oxygen atoms in total. The van der Waals surface area contributed by atoms with Gasteiger partial charge in [0.25, 0.3) is 5.91 Å². The summed E-state index contributed by atoms with van der Waals surface area (Å²) in [5.41, 5.74) is 1.07. The summed E-state index contributed by atoms with van der Waals surface area (Å²) in [5, 5.41) is 2.27. The molecule has 1 heterocycles. The smallest absolute Gasteiger partial charge is 0.263 e. The second kappa shape index (κ2) is 8.43. The summed E-state index contributed by atoms with van der Waals surface area (Å²) >= 11 is 0. The van der Waals surface area contributed by atoms with Crippen molar-refractivity contribution in [3.05, 3.63) is 66.7 Å². The van der Waals surface area contributed by atoms with Gasteiger partial charge in [-0.3, -0.25) is 4.79 Å². The van der Waals surface area contributed by atoms with Gasteiger partial charge in [0.2, 0.25) is 0 Å². The van der Waals surface area contributed by atoms with E-state index < -0.39 is 6.10 Å². The maximum absolute atomic E-state index is 12.9. The van der Waals surface area contributed by atoms with E-state index in [4.69, 9.17) is 9.47 Å². The van der Waals surface area contributed by atoms with Crippen LogP contribution in [0.2, 0.25) is 0 Å². The summed E-state index contributed by atoms with van der Waals surface area (Å²) < 4.78 is 11.4. The van der Waals surface area contributed by atoms with Crippen LogP contribution in [0.4, 0.5) is 5.69 Å². The predicted octanol–water partition coefficient (Wildman–Crippen LogP) is 3.96. The van der Waals surface area contributed by atoms with Crippen molar-refractivity contribution in [2.75, 3.05) is 38.2 Å². The van der Waals surface area contributed by atoms with Gasteiger partial charge in [0.1, 0.15) is 11.5 Å². The number of para-hydroxylation sites is 2. The molecule has 3 aromatic rings. The topological polar surface area (TPSA) is 42.0 Å². The van der Waals surface area contributed by atoms with Gasteiger partial charge >= 0.3 is 0 Å². The zero-order chi connectivity index (χ0) is 20.2. The Kier molecular flexibility index (Phi) is 5.56. The fourth-order valence-electron chi connectivity index (χ4n) is 3.81. The number of fused-ring (bicyclic) bond motifs is 1. The van der Waals surface area contributed by atoms with Crippen molar-refractivity contribution >= 4 is 22.4 Å². The van der Waals surface area contributed by atoms with Gasteiger partial charge in [0.05, 0.1) is 12.8 Å². The number of nitrogens with zero attached hydrogens (tertiary/aromatic N) is 2. The second-order valence-electron chi connectivity index (χ2n) is 7.25. The Balaban J connectivity index is 1.37. The van der Waals surface area contributed by atoms with Gasteiger partial charge < -0.3 is 19.3 Å². The van der Waals surface area contributed by atoms with Crippen LogP contribution in [-0.4, -0.2) is 50.2 Å². The molecule has 4 rings (SSSR count). The van der Waals surface area contributed by atoms with Crippen molar-refractivity contribution in [2.45, 2.75) is 13.0 Å². The quantitative estimate of drug-likeness (QED) is 0.661. The lowest BCUT2D eigenvalue weighted by molar-refractivity contribution is -0.138. The Labute approximate surface area is 171 Å². The fourth-order valence-corrected chi connectivity index (χ4v) is 3.81. The van der Waals surface area contributed by atoms with Crippen molar-refractivity contribution in [1.82, 2.24) is 4.90 Å². The Bertz CT molecular complexity index is 996. The number of hydrogen-bond donors (Lipinski definition) is 0. The van der Waals surface area contributed by atoms with Gasteiger partial charge in [-0.1, -0.05) is 42.5 Å². The van der Waals surface area contributed by atoms with E-state index in [2.05, 4.69) is 17.0 Å². The van der Waals surface area contributed by atoms with E-state index in [-0.39, 0.29) is 5.91 Å². The van der Waals surface area contributed by atoms with E-state index in [1.807, 2.05) is 66.4 Å². The van der Waals surface area contributed by atoms with Gasteiger partial charge in [-0.25, -0.2) is 0 Å². The summed E-state index contributed by atoms with van der Waals surface area (Å²) in [6.45, 7) is 4.71. The molecule has 1 aliphatic heterocycles. The first-order valence-electron chi connectivity index (χ1n) is 9.98. The van der Waals surface area contributed by atoms with E-state index in [1.54, 1.807) is 7.11 Å². The first-order valence-corrected chi connectivity index (χ1v) is 9.98. The monoisotopic (exact) mass is 390 g/mol. The third kappa shape index (κ3) is 4.14. The number of amides is 1. The number of carbonyl (C=O) groups is 1. The minimum absolute atomic E-state index is 0.0258. The summed E-state index contributed by atoms with van der Waals surface area (Å²) in [6.07, 6.45) is -0.519. The largest absolute Gasteiger partial charge is 0.495 e.